The Bertz CT molecular complexity index is 1540. The second kappa shape index (κ2) is 13.4. The molecule has 2 N–H and O–H groups in total. The van der Waals surface area contributed by atoms with Gasteiger partial charge in [-0.2, -0.15) is 13.2 Å². The first-order valence-corrected chi connectivity index (χ1v) is 15.3. The summed E-state index contributed by atoms with van der Waals surface area (Å²) < 4.78 is 54.5. The molecule has 4 heterocycles. The van der Waals surface area contributed by atoms with Crippen LogP contribution in [-0.2, 0) is 5.41 Å². The molecule has 43 heavy (non-hydrogen) atoms. The number of nitrogens with one attached hydrogen (secondary N) is 2. The fourth-order valence-electron chi connectivity index (χ4n) is 5.03. The number of nitrogens with zero attached hydrogens (tertiary/aromatic N) is 4. The van der Waals surface area contributed by atoms with Crippen LogP contribution < -0.4 is 10.6 Å². The first-order valence-electron chi connectivity index (χ1n) is 13.7. The van der Waals surface area contributed by atoms with Crippen molar-refractivity contribution in [2.24, 2.45) is 0 Å². The van der Waals surface area contributed by atoms with Crippen LogP contribution in [0, 0.1) is 12.7 Å². The minimum absolute atomic E-state index is 0.0551. The van der Waals surface area contributed by atoms with Gasteiger partial charge in [0.1, 0.15) is 5.82 Å². The van der Waals surface area contributed by atoms with E-state index in [0.29, 0.717) is 41.1 Å². The van der Waals surface area contributed by atoms with Crippen molar-refractivity contribution in [1.82, 2.24) is 25.2 Å². The highest BCUT2D eigenvalue weighted by Gasteiger charge is 2.38. The number of halogens is 4. The minimum Gasteiger partial charge on any atom is -0.350 e. The van der Waals surface area contributed by atoms with Crippen molar-refractivity contribution in [2.75, 3.05) is 31.5 Å². The molecule has 5 rings (SSSR count). The van der Waals surface area contributed by atoms with Crippen LogP contribution in [0.25, 0.3) is 0 Å². The molecule has 1 aliphatic rings. The number of anilines is 2. The molecule has 13 heteroatoms. The zero-order chi connectivity index (χ0) is 30.5. The number of carbonyl (C=O) groups excluding carboxylic acids is 1. The van der Waals surface area contributed by atoms with Gasteiger partial charge in [-0.25, -0.2) is 19.3 Å². The summed E-state index contributed by atoms with van der Waals surface area (Å²) in [6, 6.07) is 14.9. The summed E-state index contributed by atoms with van der Waals surface area (Å²) in [6.07, 6.45) is 0.764. The number of aromatic nitrogens is 3. The summed E-state index contributed by atoms with van der Waals surface area (Å²) >= 11 is 2.47. The number of carbonyl (C=O) groups is 1. The maximum atomic E-state index is 15.5. The van der Waals surface area contributed by atoms with Crippen LogP contribution in [0.1, 0.15) is 40.9 Å². The molecule has 0 bridgehead atoms. The number of benzene rings is 1. The lowest BCUT2D eigenvalue weighted by Gasteiger charge is -2.42. The minimum atomic E-state index is -4.20. The Labute approximate surface area is 255 Å². The SMILES string of the molecule is Cc1ccnc(Nc2ncc(Sc3ccnc(C(=O)NCC4(c5ccccc5)CCN(CCC(F)(F)F)CC4)c3F)s2)c1. The lowest BCUT2D eigenvalue weighted by molar-refractivity contribution is -0.138. The van der Waals surface area contributed by atoms with Gasteiger partial charge >= 0.3 is 6.18 Å². The van der Waals surface area contributed by atoms with E-state index in [4.69, 9.17) is 0 Å². The van der Waals surface area contributed by atoms with Crippen molar-refractivity contribution in [2.45, 2.75) is 46.9 Å². The van der Waals surface area contributed by atoms with Crippen LogP contribution in [0.5, 0.6) is 0 Å². The van der Waals surface area contributed by atoms with Crippen molar-refractivity contribution < 1.29 is 22.4 Å². The van der Waals surface area contributed by atoms with Gasteiger partial charge < -0.3 is 15.5 Å². The van der Waals surface area contributed by atoms with Crippen molar-refractivity contribution >= 4 is 40.0 Å². The van der Waals surface area contributed by atoms with Gasteiger partial charge in [-0.1, -0.05) is 53.4 Å². The highest BCUT2D eigenvalue weighted by atomic mass is 32.2. The van der Waals surface area contributed by atoms with Crippen molar-refractivity contribution in [3.05, 3.63) is 89.8 Å². The number of hydrogen-bond donors (Lipinski definition) is 2. The van der Waals surface area contributed by atoms with Gasteiger partial charge in [0.15, 0.2) is 16.6 Å². The van der Waals surface area contributed by atoms with Crippen LogP contribution in [0.3, 0.4) is 0 Å². The largest absolute Gasteiger partial charge is 0.390 e. The Morgan fingerprint density at radius 2 is 1.81 bits per heavy atom. The third-order valence-corrected chi connectivity index (χ3v) is 9.46. The summed E-state index contributed by atoms with van der Waals surface area (Å²) in [7, 11) is 0. The van der Waals surface area contributed by atoms with Gasteiger partial charge in [0.25, 0.3) is 5.91 Å². The number of pyridine rings is 2. The smallest absolute Gasteiger partial charge is 0.350 e. The molecule has 3 aromatic heterocycles. The average Bonchev–Trinajstić information content (AvgIpc) is 3.43. The topological polar surface area (TPSA) is 83.0 Å². The molecule has 1 saturated heterocycles. The van der Waals surface area contributed by atoms with Gasteiger partial charge in [0, 0.05) is 30.9 Å². The third kappa shape index (κ3) is 8.09. The summed E-state index contributed by atoms with van der Waals surface area (Å²) in [5.41, 5.74) is 1.23. The van der Waals surface area contributed by atoms with E-state index in [1.54, 1.807) is 17.3 Å². The summed E-state index contributed by atoms with van der Waals surface area (Å²) in [6.45, 7) is 3.04. The van der Waals surface area contributed by atoms with Crippen molar-refractivity contribution in [3.8, 4) is 0 Å². The van der Waals surface area contributed by atoms with E-state index in [1.165, 1.54) is 23.6 Å². The predicted octanol–water partition coefficient (Wildman–Crippen LogP) is 6.99. The molecule has 0 aliphatic carbocycles. The lowest BCUT2D eigenvalue weighted by atomic mass is 9.72. The van der Waals surface area contributed by atoms with Gasteiger partial charge in [0.2, 0.25) is 0 Å². The Kier molecular flexibility index (Phi) is 9.62. The molecule has 0 atom stereocenters. The number of amides is 1. The first kappa shape index (κ1) is 30.9. The predicted molar refractivity (Wildman–Crippen MR) is 159 cm³/mol. The van der Waals surface area contributed by atoms with E-state index in [2.05, 4.69) is 25.6 Å². The van der Waals surface area contributed by atoms with Crippen molar-refractivity contribution in [3.63, 3.8) is 0 Å². The van der Waals surface area contributed by atoms with Crippen LogP contribution in [0.15, 0.2) is 76.2 Å². The molecule has 0 spiro atoms. The zero-order valence-electron chi connectivity index (χ0n) is 23.3. The molecular formula is C30H30F4N6OS2. The number of likely N-dealkylation sites (tertiary alicyclic amines) is 1. The number of rotatable bonds is 10. The highest BCUT2D eigenvalue weighted by molar-refractivity contribution is 8.01. The Balaban J connectivity index is 1.25. The number of hydrogen-bond acceptors (Lipinski definition) is 8. The van der Waals surface area contributed by atoms with E-state index in [0.717, 1.165) is 22.9 Å². The van der Waals surface area contributed by atoms with Gasteiger partial charge in [-0.3, -0.25) is 4.79 Å². The monoisotopic (exact) mass is 630 g/mol. The Morgan fingerprint density at radius 3 is 2.53 bits per heavy atom. The fourth-order valence-corrected chi connectivity index (χ4v) is 6.90. The van der Waals surface area contributed by atoms with Crippen LogP contribution in [0.4, 0.5) is 28.5 Å². The lowest BCUT2D eigenvalue weighted by Crippen LogP contribution is -2.49. The van der Waals surface area contributed by atoms with Gasteiger partial charge in [-0.15, -0.1) is 0 Å². The zero-order valence-corrected chi connectivity index (χ0v) is 25.0. The number of piperidine rings is 1. The highest BCUT2D eigenvalue weighted by Crippen LogP contribution is 2.38. The molecule has 1 fully saturated rings. The second-order valence-electron chi connectivity index (χ2n) is 10.4. The normalized spacial score (nSPS) is 15.3. The Hall–Kier alpha value is -3.55. The number of thiazole rings is 1. The standard InChI is InChI=1S/C30H30F4N6OS2/c1-20-7-12-35-23(17-20)39-28-37-18-24(43-28)42-22-8-13-36-26(25(22)31)27(41)38-19-29(21-5-3-2-4-6-21)9-14-40(15-10-29)16-11-30(32,33)34/h2-8,12-13,17-18H,9-11,14-16,19H2,1H3,(H,38,41)(H,35,37,39). The quantitative estimate of drug-likeness (QED) is 0.183. The molecule has 0 unspecified atom stereocenters. The maximum Gasteiger partial charge on any atom is 0.390 e. The first-order chi connectivity index (χ1) is 20.6. The van der Waals surface area contributed by atoms with E-state index in [-0.39, 0.29) is 23.7 Å². The van der Waals surface area contributed by atoms with E-state index >= 15 is 4.39 Å². The number of alkyl halides is 3. The fraction of sp³-hybridized carbons (Fsp3) is 0.333. The van der Waals surface area contributed by atoms with Crippen LogP contribution in [0.2, 0.25) is 0 Å². The second-order valence-corrected chi connectivity index (χ2v) is 12.8. The molecular weight excluding hydrogens is 600 g/mol. The molecule has 1 aliphatic heterocycles. The van der Waals surface area contributed by atoms with E-state index in [9.17, 15) is 18.0 Å². The van der Waals surface area contributed by atoms with Gasteiger partial charge in [0.05, 0.1) is 21.7 Å². The summed E-state index contributed by atoms with van der Waals surface area (Å²) in [5, 5.41) is 6.61. The third-order valence-electron chi connectivity index (χ3n) is 7.41. The van der Waals surface area contributed by atoms with Gasteiger partial charge in [-0.05, 0) is 62.2 Å². The van der Waals surface area contributed by atoms with E-state index < -0.39 is 29.7 Å². The van der Waals surface area contributed by atoms with E-state index in [1.807, 2.05) is 49.4 Å². The molecule has 1 amide bonds. The molecule has 4 aromatic rings. The molecule has 0 radical (unpaired) electrons. The maximum absolute atomic E-state index is 15.5. The van der Waals surface area contributed by atoms with Crippen LogP contribution in [-0.4, -0.2) is 58.1 Å². The average molecular weight is 631 g/mol. The van der Waals surface area contributed by atoms with Crippen molar-refractivity contribution in [1.29, 1.82) is 0 Å². The molecule has 1 aromatic carbocycles. The Morgan fingerprint density at radius 1 is 1.07 bits per heavy atom. The molecule has 226 valence electrons. The summed E-state index contributed by atoms with van der Waals surface area (Å²) in [4.78, 5) is 27.9. The summed E-state index contributed by atoms with van der Waals surface area (Å²) in [5.74, 6) is -0.726. The number of aryl methyl sites for hydroxylation is 1. The van der Waals surface area contributed by atoms with Crippen LogP contribution >= 0.6 is 23.1 Å². The molecule has 7 nitrogen and oxygen atoms in total. The molecule has 0 saturated carbocycles.